The SMILES string of the molecule is CC(=O)Oc1cn(C(C)=O)c2cc(Br)c(Br)cc12. The lowest BCUT2D eigenvalue weighted by Gasteiger charge is -2.01. The third-order valence-electron chi connectivity index (χ3n) is 2.40. The molecule has 0 saturated heterocycles. The smallest absolute Gasteiger partial charge is 0.308 e. The second-order valence-corrected chi connectivity index (χ2v) is 5.47. The van der Waals surface area contributed by atoms with Gasteiger partial charge in [0.1, 0.15) is 0 Å². The molecular weight excluding hydrogens is 366 g/mol. The van der Waals surface area contributed by atoms with E-state index in [-0.39, 0.29) is 5.91 Å². The van der Waals surface area contributed by atoms with E-state index in [1.165, 1.54) is 24.6 Å². The highest BCUT2D eigenvalue weighted by molar-refractivity contribution is 9.13. The van der Waals surface area contributed by atoms with Crippen molar-refractivity contribution in [3.8, 4) is 5.75 Å². The maximum atomic E-state index is 11.6. The molecule has 0 atom stereocenters. The number of hydrogen-bond donors (Lipinski definition) is 0. The fourth-order valence-corrected chi connectivity index (χ4v) is 2.36. The first kappa shape index (κ1) is 13.3. The van der Waals surface area contributed by atoms with Gasteiger partial charge in [0.15, 0.2) is 5.75 Å². The second-order valence-electron chi connectivity index (χ2n) is 3.76. The van der Waals surface area contributed by atoms with Crippen LogP contribution in [0.15, 0.2) is 27.3 Å². The summed E-state index contributed by atoms with van der Waals surface area (Å²) in [6.45, 7) is 2.78. The third kappa shape index (κ3) is 2.35. The molecule has 0 fully saturated rings. The Hall–Kier alpha value is -1.14. The molecule has 0 aliphatic heterocycles. The normalized spacial score (nSPS) is 10.7. The van der Waals surface area contributed by atoms with Crippen molar-refractivity contribution >= 4 is 54.6 Å². The summed E-state index contributed by atoms with van der Waals surface area (Å²) in [7, 11) is 0. The molecule has 0 aliphatic carbocycles. The standard InChI is InChI=1S/C12H9Br2NO3/c1-6(16)15-5-12(18-7(2)17)8-3-9(13)10(14)4-11(8)15/h3-5H,1-2H3. The molecule has 1 heterocycles. The van der Waals surface area contributed by atoms with Crippen molar-refractivity contribution in [2.75, 3.05) is 0 Å². The average Bonchev–Trinajstić information content (AvgIpc) is 2.57. The topological polar surface area (TPSA) is 48.3 Å². The lowest BCUT2D eigenvalue weighted by molar-refractivity contribution is -0.131. The van der Waals surface area contributed by atoms with E-state index in [9.17, 15) is 9.59 Å². The van der Waals surface area contributed by atoms with Gasteiger partial charge in [0.05, 0.1) is 11.7 Å². The fourth-order valence-electron chi connectivity index (χ4n) is 1.69. The Morgan fingerprint density at radius 3 is 2.33 bits per heavy atom. The van der Waals surface area contributed by atoms with Gasteiger partial charge in [0.25, 0.3) is 0 Å². The Kier molecular flexibility index (Phi) is 3.59. The highest BCUT2D eigenvalue weighted by Crippen LogP contribution is 2.35. The maximum Gasteiger partial charge on any atom is 0.308 e. The summed E-state index contributed by atoms with van der Waals surface area (Å²) in [5, 5.41) is 0.704. The zero-order chi connectivity index (χ0) is 13.4. The Balaban J connectivity index is 2.76. The van der Waals surface area contributed by atoms with Gasteiger partial charge < -0.3 is 4.74 Å². The number of fused-ring (bicyclic) bond motifs is 1. The summed E-state index contributed by atoms with van der Waals surface area (Å²) >= 11 is 6.76. The van der Waals surface area contributed by atoms with E-state index in [4.69, 9.17) is 4.74 Å². The average molecular weight is 375 g/mol. The second kappa shape index (κ2) is 4.85. The molecule has 1 aromatic heterocycles. The molecule has 4 nitrogen and oxygen atoms in total. The highest BCUT2D eigenvalue weighted by atomic mass is 79.9. The molecule has 2 rings (SSSR count). The molecule has 1 aromatic carbocycles. The van der Waals surface area contributed by atoms with E-state index < -0.39 is 5.97 Å². The minimum atomic E-state index is -0.420. The number of halogens is 2. The van der Waals surface area contributed by atoms with Crippen molar-refractivity contribution in [1.29, 1.82) is 0 Å². The minimum absolute atomic E-state index is 0.146. The lowest BCUT2D eigenvalue weighted by atomic mass is 10.2. The van der Waals surface area contributed by atoms with Gasteiger partial charge in [0.2, 0.25) is 5.91 Å². The number of ether oxygens (including phenoxy) is 1. The van der Waals surface area contributed by atoms with E-state index in [0.717, 1.165) is 8.95 Å². The lowest BCUT2D eigenvalue weighted by Crippen LogP contribution is -2.03. The number of carbonyl (C=O) groups excluding carboxylic acids is 2. The predicted molar refractivity (Wildman–Crippen MR) is 74.9 cm³/mol. The molecule has 0 amide bonds. The van der Waals surface area contributed by atoms with Crippen molar-refractivity contribution in [3.63, 3.8) is 0 Å². The molecule has 94 valence electrons. The highest BCUT2D eigenvalue weighted by Gasteiger charge is 2.15. The van der Waals surface area contributed by atoms with Crippen molar-refractivity contribution < 1.29 is 14.3 Å². The van der Waals surface area contributed by atoms with Crippen molar-refractivity contribution in [2.24, 2.45) is 0 Å². The van der Waals surface area contributed by atoms with Crippen LogP contribution in [0.2, 0.25) is 0 Å². The first-order chi connectivity index (χ1) is 8.40. The zero-order valence-electron chi connectivity index (χ0n) is 9.66. The molecule has 0 spiro atoms. The Labute approximate surface area is 120 Å². The Bertz CT molecular complexity index is 661. The molecule has 0 saturated carbocycles. The van der Waals surface area contributed by atoms with Crippen LogP contribution < -0.4 is 4.74 Å². The van der Waals surface area contributed by atoms with E-state index in [1.54, 1.807) is 12.1 Å². The number of nitrogens with zero attached hydrogens (tertiary/aromatic N) is 1. The number of rotatable bonds is 1. The van der Waals surface area contributed by atoms with Crippen LogP contribution in [0.3, 0.4) is 0 Å². The zero-order valence-corrected chi connectivity index (χ0v) is 12.8. The van der Waals surface area contributed by atoms with Gasteiger partial charge in [-0.05, 0) is 44.0 Å². The van der Waals surface area contributed by atoms with E-state index in [2.05, 4.69) is 31.9 Å². The van der Waals surface area contributed by atoms with E-state index in [1.807, 2.05) is 0 Å². The van der Waals surface area contributed by atoms with Crippen LogP contribution in [-0.2, 0) is 4.79 Å². The van der Waals surface area contributed by atoms with Crippen molar-refractivity contribution in [2.45, 2.75) is 13.8 Å². The maximum absolute atomic E-state index is 11.6. The summed E-state index contributed by atoms with van der Waals surface area (Å²) in [6, 6.07) is 3.60. The van der Waals surface area contributed by atoms with Gasteiger partial charge in [0, 0.05) is 28.2 Å². The van der Waals surface area contributed by atoms with Crippen LogP contribution in [0.4, 0.5) is 0 Å². The quantitative estimate of drug-likeness (QED) is 0.714. The van der Waals surface area contributed by atoms with Crippen LogP contribution in [0.1, 0.15) is 18.6 Å². The summed E-state index contributed by atoms with van der Waals surface area (Å²) in [4.78, 5) is 22.6. The first-order valence-electron chi connectivity index (χ1n) is 5.09. The molecule has 6 heteroatoms. The van der Waals surface area contributed by atoms with Crippen molar-refractivity contribution in [3.05, 3.63) is 27.3 Å². The number of benzene rings is 1. The van der Waals surface area contributed by atoms with E-state index in [0.29, 0.717) is 16.7 Å². The largest absolute Gasteiger partial charge is 0.424 e. The van der Waals surface area contributed by atoms with Gasteiger partial charge in [-0.3, -0.25) is 14.2 Å². The molecule has 18 heavy (non-hydrogen) atoms. The summed E-state index contributed by atoms with van der Waals surface area (Å²) in [5.41, 5.74) is 0.689. The monoisotopic (exact) mass is 373 g/mol. The van der Waals surface area contributed by atoms with Gasteiger partial charge in [-0.2, -0.15) is 0 Å². The summed E-state index contributed by atoms with van der Waals surface area (Å²) in [6.07, 6.45) is 1.52. The molecule has 0 bridgehead atoms. The van der Waals surface area contributed by atoms with Crippen molar-refractivity contribution in [1.82, 2.24) is 4.57 Å². The molecule has 0 radical (unpaired) electrons. The van der Waals surface area contributed by atoms with Crippen LogP contribution in [0, 0.1) is 0 Å². The Morgan fingerprint density at radius 2 is 1.78 bits per heavy atom. The van der Waals surface area contributed by atoms with Crippen LogP contribution in [0.5, 0.6) is 5.75 Å². The predicted octanol–water partition coefficient (Wildman–Crippen LogP) is 3.75. The van der Waals surface area contributed by atoms with Gasteiger partial charge >= 0.3 is 5.97 Å². The number of carbonyl (C=O) groups is 2. The van der Waals surface area contributed by atoms with Crippen LogP contribution in [0.25, 0.3) is 10.9 Å². The van der Waals surface area contributed by atoms with Gasteiger partial charge in [-0.25, -0.2) is 0 Å². The number of aromatic nitrogens is 1. The molecular formula is C12H9Br2NO3. The first-order valence-corrected chi connectivity index (χ1v) is 6.68. The molecule has 0 unspecified atom stereocenters. The summed E-state index contributed by atoms with van der Waals surface area (Å²) < 4.78 is 8.20. The van der Waals surface area contributed by atoms with Gasteiger partial charge in [-0.15, -0.1) is 0 Å². The van der Waals surface area contributed by atoms with Gasteiger partial charge in [-0.1, -0.05) is 0 Å². The minimum Gasteiger partial charge on any atom is -0.424 e. The van der Waals surface area contributed by atoms with Crippen LogP contribution in [-0.4, -0.2) is 16.4 Å². The number of hydrogen-bond acceptors (Lipinski definition) is 3. The Morgan fingerprint density at radius 1 is 1.17 bits per heavy atom. The molecule has 0 aliphatic rings. The summed E-state index contributed by atoms with van der Waals surface area (Å²) in [5.74, 6) is -0.190. The van der Waals surface area contributed by atoms with Crippen LogP contribution >= 0.6 is 31.9 Å². The molecule has 2 aromatic rings. The number of esters is 1. The van der Waals surface area contributed by atoms with E-state index >= 15 is 0 Å². The fraction of sp³-hybridized carbons (Fsp3) is 0.167. The molecule has 0 N–H and O–H groups in total. The third-order valence-corrected chi connectivity index (χ3v) is 4.25.